The predicted molar refractivity (Wildman–Crippen MR) is 102 cm³/mol. The number of nitrogens with zero attached hydrogens (tertiary/aromatic N) is 1. The average Bonchev–Trinajstić information content (AvgIpc) is 2.68. The Balaban J connectivity index is 1.87. The minimum absolute atomic E-state index is 0.0700. The number of aryl methyl sites for hydroxylation is 2. The van der Waals surface area contributed by atoms with Crippen LogP contribution in [0.5, 0.6) is 0 Å². The summed E-state index contributed by atoms with van der Waals surface area (Å²) in [6, 6.07) is 13.1. The van der Waals surface area contributed by atoms with Crippen LogP contribution in [0.25, 0.3) is 0 Å². The van der Waals surface area contributed by atoms with Gasteiger partial charge < -0.3 is 5.32 Å². The van der Waals surface area contributed by atoms with Crippen molar-refractivity contribution in [2.75, 3.05) is 0 Å². The first-order valence-electron chi connectivity index (χ1n) is 9.44. The van der Waals surface area contributed by atoms with E-state index in [1.54, 1.807) is 6.07 Å². The molecule has 4 heteroatoms. The second-order valence-corrected chi connectivity index (χ2v) is 7.14. The number of carbonyl (C=O) groups is 2. The molecular weight excluding hydrogens is 324 g/mol. The van der Waals surface area contributed by atoms with Gasteiger partial charge in [0.1, 0.15) is 11.2 Å². The van der Waals surface area contributed by atoms with Crippen LogP contribution in [0.2, 0.25) is 0 Å². The summed E-state index contributed by atoms with van der Waals surface area (Å²) in [6.07, 6.45) is 5.24. The largest absolute Gasteiger partial charge is 0.339 e. The van der Waals surface area contributed by atoms with E-state index in [0.717, 1.165) is 31.4 Å². The molecule has 2 aromatic rings. The fraction of sp³-hybridized carbons (Fsp3) is 0.409. The lowest BCUT2D eigenvalue weighted by molar-refractivity contribution is 0.0710. The van der Waals surface area contributed by atoms with Crippen molar-refractivity contribution >= 4 is 11.7 Å². The molecule has 1 aromatic heterocycles. The van der Waals surface area contributed by atoms with Gasteiger partial charge in [-0.25, -0.2) is 4.98 Å². The molecule has 4 nitrogen and oxygen atoms in total. The van der Waals surface area contributed by atoms with Crippen LogP contribution in [0.4, 0.5) is 0 Å². The maximum absolute atomic E-state index is 13.3. The highest BCUT2D eigenvalue weighted by Gasteiger charge is 2.42. The molecule has 3 rings (SSSR count). The lowest BCUT2D eigenvalue weighted by Crippen LogP contribution is -2.55. The van der Waals surface area contributed by atoms with E-state index in [4.69, 9.17) is 0 Å². The van der Waals surface area contributed by atoms with E-state index in [1.165, 1.54) is 5.56 Å². The zero-order valence-electron chi connectivity index (χ0n) is 15.5. The van der Waals surface area contributed by atoms with Crippen molar-refractivity contribution in [2.24, 2.45) is 0 Å². The third-order valence-electron chi connectivity index (χ3n) is 5.24. The maximum atomic E-state index is 13.3. The Morgan fingerprint density at radius 3 is 2.35 bits per heavy atom. The first-order valence-corrected chi connectivity index (χ1v) is 9.44. The van der Waals surface area contributed by atoms with Gasteiger partial charge in [0.05, 0.1) is 0 Å². The van der Waals surface area contributed by atoms with Crippen molar-refractivity contribution in [2.45, 2.75) is 57.9 Å². The number of Topliss-reactive ketones (excluding diaryl/α,β-unsaturated/α-hetero) is 1. The molecule has 0 atom stereocenters. The SMILES string of the molecule is CCc1ccc(C(=O)NC2(C(=O)c3cccc(C)n3)CCCCC2)cc1. The number of ketones is 1. The van der Waals surface area contributed by atoms with E-state index >= 15 is 0 Å². The quantitative estimate of drug-likeness (QED) is 0.819. The van der Waals surface area contributed by atoms with Gasteiger partial charge in [0.2, 0.25) is 5.78 Å². The fourth-order valence-electron chi connectivity index (χ4n) is 3.66. The number of hydrogen-bond donors (Lipinski definition) is 1. The van der Waals surface area contributed by atoms with E-state index in [2.05, 4.69) is 17.2 Å². The van der Waals surface area contributed by atoms with Gasteiger partial charge >= 0.3 is 0 Å². The van der Waals surface area contributed by atoms with Crippen molar-refractivity contribution in [3.8, 4) is 0 Å². The molecule has 0 spiro atoms. The van der Waals surface area contributed by atoms with E-state index in [0.29, 0.717) is 24.1 Å². The fourth-order valence-corrected chi connectivity index (χ4v) is 3.66. The molecule has 1 aromatic carbocycles. The number of benzene rings is 1. The van der Waals surface area contributed by atoms with Crippen molar-refractivity contribution in [3.63, 3.8) is 0 Å². The lowest BCUT2D eigenvalue weighted by atomic mass is 9.77. The summed E-state index contributed by atoms with van der Waals surface area (Å²) < 4.78 is 0. The normalized spacial score (nSPS) is 16.1. The van der Waals surface area contributed by atoms with Crippen LogP contribution in [-0.4, -0.2) is 22.2 Å². The summed E-state index contributed by atoms with van der Waals surface area (Å²) in [6.45, 7) is 3.96. The van der Waals surface area contributed by atoms with Gasteiger partial charge in [-0.15, -0.1) is 0 Å². The summed E-state index contributed by atoms with van der Waals surface area (Å²) in [5.41, 5.74) is 2.18. The Bertz CT molecular complexity index is 790. The summed E-state index contributed by atoms with van der Waals surface area (Å²) in [5, 5.41) is 3.08. The van der Waals surface area contributed by atoms with E-state index < -0.39 is 5.54 Å². The number of nitrogens with one attached hydrogen (secondary N) is 1. The van der Waals surface area contributed by atoms with E-state index in [1.807, 2.05) is 43.3 Å². The van der Waals surface area contributed by atoms with Crippen LogP contribution >= 0.6 is 0 Å². The lowest BCUT2D eigenvalue weighted by Gasteiger charge is -2.36. The summed E-state index contributed by atoms with van der Waals surface area (Å²) in [7, 11) is 0. The summed E-state index contributed by atoms with van der Waals surface area (Å²) >= 11 is 0. The number of pyridine rings is 1. The Morgan fingerprint density at radius 1 is 1.04 bits per heavy atom. The minimum Gasteiger partial charge on any atom is -0.339 e. The first-order chi connectivity index (χ1) is 12.5. The average molecular weight is 350 g/mol. The third kappa shape index (κ3) is 3.85. The van der Waals surface area contributed by atoms with Crippen molar-refractivity contribution < 1.29 is 9.59 Å². The second kappa shape index (κ2) is 7.81. The Hall–Kier alpha value is -2.49. The molecular formula is C22H26N2O2. The molecule has 136 valence electrons. The zero-order chi connectivity index (χ0) is 18.6. The van der Waals surface area contributed by atoms with Gasteiger partial charge in [-0.05, 0) is 56.0 Å². The molecule has 1 N–H and O–H groups in total. The second-order valence-electron chi connectivity index (χ2n) is 7.14. The minimum atomic E-state index is -0.848. The van der Waals surface area contributed by atoms with E-state index in [9.17, 15) is 9.59 Å². The van der Waals surface area contributed by atoms with Gasteiger partial charge in [-0.3, -0.25) is 9.59 Å². The van der Waals surface area contributed by atoms with Gasteiger partial charge in [-0.2, -0.15) is 0 Å². The Morgan fingerprint density at radius 2 is 1.73 bits per heavy atom. The molecule has 0 aliphatic heterocycles. The molecule has 1 fully saturated rings. The molecule has 1 heterocycles. The summed E-state index contributed by atoms with van der Waals surface area (Å²) in [4.78, 5) is 30.5. The summed E-state index contributed by atoms with van der Waals surface area (Å²) in [5.74, 6) is -0.255. The van der Waals surface area contributed by atoms with Gasteiger partial charge in [0.25, 0.3) is 5.91 Å². The van der Waals surface area contributed by atoms with Gasteiger partial charge in [0, 0.05) is 11.3 Å². The Kier molecular flexibility index (Phi) is 5.50. The number of aromatic nitrogens is 1. The standard InChI is InChI=1S/C22H26N2O2/c1-3-17-10-12-18(13-11-17)21(26)24-22(14-5-4-6-15-22)20(25)19-9-7-8-16(2)23-19/h7-13H,3-6,14-15H2,1-2H3,(H,24,26). The predicted octanol–water partition coefficient (Wildman–Crippen LogP) is 4.27. The van der Waals surface area contributed by atoms with Crippen LogP contribution in [0.1, 0.15) is 71.1 Å². The molecule has 26 heavy (non-hydrogen) atoms. The number of amides is 1. The van der Waals surface area contributed by atoms with Crippen molar-refractivity contribution in [1.82, 2.24) is 10.3 Å². The number of hydrogen-bond acceptors (Lipinski definition) is 3. The Labute approximate surface area is 155 Å². The van der Waals surface area contributed by atoms with Crippen LogP contribution in [0.15, 0.2) is 42.5 Å². The molecule has 0 bridgehead atoms. The molecule has 1 amide bonds. The first kappa shape index (κ1) is 18.3. The van der Waals surface area contributed by atoms with Crippen molar-refractivity contribution in [3.05, 3.63) is 65.0 Å². The molecule has 1 aliphatic carbocycles. The highest BCUT2D eigenvalue weighted by atomic mass is 16.2. The zero-order valence-corrected chi connectivity index (χ0v) is 15.5. The van der Waals surface area contributed by atoms with Gasteiger partial charge in [-0.1, -0.05) is 44.4 Å². The highest BCUT2D eigenvalue weighted by molar-refractivity contribution is 6.06. The van der Waals surface area contributed by atoms with Crippen LogP contribution in [-0.2, 0) is 6.42 Å². The van der Waals surface area contributed by atoms with Crippen LogP contribution < -0.4 is 5.32 Å². The van der Waals surface area contributed by atoms with Crippen LogP contribution in [0.3, 0.4) is 0 Å². The number of rotatable bonds is 5. The van der Waals surface area contributed by atoms with Crippen molar-refractivity contribution in [1.29, 1.82) is 0 Å². The molecule has 1 saturated carbocycles. The topological polar surface area (TPSA) is 59.1 Å². The molecule has 0 unspecified atom stereocenters. The maximum Gasteiger partial charge on any atom is 0.252 e. The highest BCUT2D eigenvalue weighted by Crippen LogP contribution is 2.31. The smallest absolute Gasteiger partial charge is 0.252 e. The van der Waals surface area contributed by atoms with Gasteiger partial charge in [0.15, 0.2) is 0 Å². The molecule has 1 aliphatic rings. The third-order valence-corrected chi connectivity index (χ3v) is 5.24. The van der Waals surface area contributed by atoms with Crippen LogP contribution in [0, 0.1) is 6.92 Å². The monoisotopic (exact) mass is 350 g/mol. The van der Waals surface area contributed by atoms with E-state index in [-0.39, 0.29) is 11.7 Å². The molecule has 0 radical (unpaired) electrons. The number of carbonyl (C=O) groups excluding carboxylic acids is 2. The molecule has 0 saturated heterocycles.